The summed E-state index contributed by atoms with van der Waals surface area (Å²) in [5, 5.41) is 6.62. The van der Waals surface area contributed by atoms with Gasteiger partial charge in [0.1, 0.15) is 5.75 Å². The molecule has 1 saturated carbocycles. The number of guanidine groups is 1. The molecule has 3 rings (SSSR count). The van der Waals surface area contributed by atoms with Crippen molar-refractivity contribution in [1.29, 1.82) is 0 Å². The van der Waals surface area contributed by atoms with E-state index in [1.54, 1.807) is 6.20 Å². The highest BCUT2D eigenvalue weighted by Gasteiger charge is 2.17. The first-order valence-electron chi connectivity index (χ1n) is 9.52. The zero-order valence-electron chi connectivity index (χ0n) is 15.9. The highest BCUT2D eigenvalue weighted by atomic mass is 127. The van der Waals surface area contributed by atoms with Crippen LogP contribution in [0.25, 0.3) is 0 Å². The molecule has 0 unspecified atom stereocenters. The largest absolute Gasteiger partial charge is 0.490 e. The monoisotopic (exact) mass is 480 g/mol. The Morgan fingerprint density at radius 3 is 2.63 bits per heavy atom. The van der Waals surface area contributed by atoms with Gasteiger partial charge in [-0.1, -0.05) is 24.3 Å². The molecule has 0 aliphatic heterocycles. The molecule has 2 aromatic rings. The third-order valence-corrected chi connectivity index (χ3v) is 4.48. The molecule has 1 fully saturated rings. The van der Waals surface area contributed by atoms with E-state index in [4.69, 9.17) is 9.73 Å². The average Bonchev–Trinajstić information content (AvgIpc) is 3.19. The van der Waals surface area contributed by atoms with Gasteiger partial charge in [-0.05, 0) is 50.8 Å². The fraction of sp³-hybridized carbons (Fsp3) is 0.429. The maximum Gasteiger partial charge on any atom is 0.191 e. The maximum atomic E-state index is 6.21. The van der Waals surface area contributed by atoms with E-state index in [9.17, 15) is 0 Å². The summed E-state index contributed by atoms with van der Waals surface area (Å²) in [7, 11) is 0. The van der Waals surface area contributed by atoms with E-state index in [-0.39, 0.29) is 24.0 Å². The molecular formula is C21H29IN4O. The minimum Gasteiger partial charge on any atom is -0.490 e. The van der Waals surface area contributed by atoms with Gasteiger partial charge in [0.15, 0.2) is 5.96 Å². The van der Waals surface area contributed by atoms with Gasteiger partial charge in [-0.25, -0.2) is 4.99 Å². The minimum atomic E-state index is 0. The van der Waals surface area contributed by atoms with Crippen molar-refractivity contribution >= 4 is 29.9 Å². The van der Waals surface area contributed by atoms with Crippen LogP contribution >= 0.6 is 24.0 Å². The van der Waals surface area contributed by atoms with Crippen LogP contribution in [0, 0.1) is 0 Å². The Labute approximate surface area is 179 Å². The number of benzene rings is 1. The van der Waals surface area contributed by atoms with Crippen molar-refractivity contribution < 1.29 is 4.74 Å². The Bertz CT molecular complexity index is 702. The number of pyridine rings is 1. The number of ether oxygens (including phenoxy) is 1. The van der Waals surface area contributed by atoms with E-state index in [1.807, 2.05) is 30.3 Å². The summed E-state index contributed by atoms with van der Waals surface area (Å²) < 4.78 is 6.21. The molecule has 1 aliphatic rings. The Morgan fingerprint density at radius 2 is 1.89 bits per heavy atom. The van der Waals surface area contributed by atoms with E-state index < -0.39 is 0 Å². The summed E-state index contributed by atoms with van der Waals surface area (Å²) in [6, 6.07) is 14.1. The van der Waals surface area contributed by atoms with Gasteiger partial charge in [0.05, 0.1) is 24.9 Å². The van der Waals surface area contributed by atoms with E-state index in [2.05, 4.69) is 34.7 Å². The molecule has 0 bridgehead atoms. The summed E-state index contributed by atoms with van der Waals surface area (Å²) in [5.41, 5.74) is 2.11. The van der Waals surface area contributed by atoms with Crippen LogP contribution in [-0.2, 0) is 13.1 Å². The fourth-order valence-electron chi connectivity index (χ4n) is 3.12. The summed E-state index contributed by atoms with van der Waals surface area (Å²) in [6.45, 7) is 4.11. The molecule has 146 valence electrons. The summed E-state index contributed by atoms with van der Waals surface area (Å²) in [6.07, 6.45) is 7.02. The number of nitrogens with one attached hydrogen (secondary N) is 2. The van der Waals surface area contributed by atoms with Crippen LogP contribution in [0.15, 0.2) is 53.7 Å². The van der Waals surface area contributed by atoms with E-state index in [0.29, 0.717) is 19.2 Å². The molecule has 0 amide bonds. The molecule has 1 aliphatic carbocycles. The number of nitrogens with zero attached hydrogens (tertiary/aromatic N) is 2. The van der Waals surface area contributed by atoms with Crippen LogP contribution < -0.4 is 15.4 Å². The van der Waals surface area contributed by atoms with Crippen LogP contribution in [0.1, 0.15) is 43.9 Å². The summed E-state index contributed by atoms with van der Waals surface area (Å²) >= 11 is 0. The first-order valence-corrected chi connectivity index (χ1v) is 9.52. The summed E-state index contributed by atoms with van der Waals surface area (Å²) in [4.78, 5) is 9.06. The zero-order valence-corrected chi connectivity index (χ0v) is 18.2. The Kier molecular flexibility index (Phi) is 9.38. The lowest BCUT2D eigenvalue weighted by Crippen LogP contribution is -2.37. The molecule has 0 saturated heterocycles. The van der Waals surface area contributed by atoms with Crippen LogP contribution in [0.5, 0.6) is 5.75 Å². The van der Waals surface area contributed by atoms with Crippen LogP contribution in [0.2, 0.25) is 0 Å². The Morgan fingerprint density at radius 1 is 1.11 bits per heavy atom. The number of para-hydroxylation sites is 1. The zero-order chi connectivity index (χ0) is 18.0. The van der Waals surface area contributed by atoms with E-state index in [1.165, 1.54) is 12.8 Å². The standard InChI is InChI=1S/C21H28N4O.HI/c1-2-22-21(25-16-18-10-7-8-14-23-18)24-15-17-9-3-6-13-20(17)26-19-11-4-5-12-19;/h3,6-10,13-14,19H,2,4-5,11-12,15-16H2,1H3,(H2,22,24,25);1H. The van der Waals surface area contributed by atoms with Gasteiger partial charge in [0.25, 0.3) is 0 Å². The third-order valence-electron chi connectivity index (χ3n) is 4.48. The lowest BCUT2D eigenvalue weighted by Gasteiger charge is -2.16. The highest BCUT2D eigenvalue weighted by molar-refractivity contribution is 14.0. The molecular weight excluding hydrogens is 451 g/mol. The first kappa shape index (κ1) is 21.5. The van der Waals surface area contributed by atoms with Crippen molar-refractivity contribution in [1.82, 2.24) is 15.6 Å². The second-order valence-corrected chi connectivity index (χ2v) is 6.50. The fourth-order valence-corrected chi connectivity index (χ4v) is 3.12. The van der Waals surface area contributed by atoms with Gasteiger partial charge in [-0.15, -0.1) is 24.0 Å². The summed E-state index contributed by atoms with van der Waals surface area (Å²) in [5.74, 6) is 1.75. The quantitative estimate of drug-likeness (QED) is 0.353. The van der Waals surface area contributed by atoms with Crippen molar-refractivity contribution in [2.75, 3.05) is 6.54 Å². The molecule has 0 radical (unpaired) electrons. The number of halogens is 1. The topological polar surface area (TPSA) is 58.5 Å². The predicted octanol–water partition coefficient (Wildman–Crippen LogP) is 4.28. The van der Waals surface area contributed by atoms with Crippen molar-refractivity contribution in [3.8, 4) is 5.75 Å². The third kappa shape index (κ3) is 7.01. The molecule has 0 atom stereocenters. The molecule has 5 nitrogen and oxygen atoms in total. The Balaban J connectivity index is 0.00000261. The van der Waals surface area contributed by atoms with Crippen LogP contribution in [0.3, 0.4) is 0 Å². The van der Waals surface area contributed by atoms with Crippen molar-refractivity contribution in [3.05, 3.63) is 59.9 Å². The second-order valence-electron chi connectivity index (χ2n) is 6.50. The molecule has 0 spiro atoms. The van der Waals surface area contributed by atoms with Gasteiger partial charge < -0.3 is 15.4 Å². The number of hydrogen-bond donors (Lipinski definition) is 2. The first-order chi connectivity index (χ1) is 12.8. The van der Waals surface area contributed by atoms with Gasteiger partial charge in [0, 0.05) is 18.3 Å². The van der Waals surface area contributed by atoms with Crippen LogP contribution in [0.4, 0.5) is 0 Å². The van der Waals surface area contributed by atoms with E-state index >= 15 is 0 Å². The lowest BCUT2D eigenvalue weighted by atomic mass is 10.2. The van der Waals surface area contributed by atoms with Gasteiger partial charge in [-0.3, -0.25) is 4.98 Å². The van der Waals surface area contributed by atoms with Crippen molar-refractivity contribution in [2.24, 2.45) is 4.99 Å². The molecule has 6 heteroatoms. The van der Waals surface area contributed by atoms with Gasteiger partial charge >= 0.3 is 0 Å². The molecule has 1 heterocycles. The number of rotatable bonds is 7. The van der Waals surface area contributed by atoms with Gasteiger partial charge in [-0.2, -0.15) is 0 Å². The van der Waals surface area contributed by atoms with E-state index in [0.717, 1.165) is 42.4 Å². The van der Waals surface area contributed by atoms with Crippen molar-refractivity contribution in [3.63, 3.8) is 0 Å². The minimum absolute atomic E-state index is 0. The lowest BCUT2D eigenvalue weighted by molar-refractivity contribution is 0.208. The van der Waals surface area contributed by atoms with Gasteiger partial charge in [0.2, 0.25) is 0 Å². The SMILES string of the molecule is CCNC(=NCc1ccccc1OC1CCCC1)NCc1ccccn1.I. The maximum absolute atomic E-state index is 6.21. The van der Waals surface area contributed by atoms with Crippen molar-refractivity contribution in [2.45, 2.75) is 51.8 Å². The second kappa shape index (κ2) is 11.8. The smallest absolute Gasteiger partial charge is 0.191 e. The Hall–Kier alpha value is -1.83. The predicted molar refractivity (Wildman–Crippen MR) is 121 cm³/mol. The number of aliphatic imine (C=N–C) groups is 1. The number of aromatic nitrogens is 1. The molecule has 1 aromatic carbocycles. The average molecular weight is 480 g/mol. The highest BCUT2D eigenvalue weighted by Crippen LogP contribution is 2.26. The van der Waals surface area contributed by atoms with Crippen LogP contribution in [-0.4, -0.2) is 23.6 Å². The normalized spacial score (nSPS) is 14.5. The molecule has 1 aromatic heterocycles. The number of hydrogen-bond acceptors (Lipinski definition) is 3. The molecule has 27 heavy (non-hydrogen) atoms. The molecule has 2 N–H and O–H groups in total.